The van der Waals surface area contributed by atoms with Crippen molar-refractivity contribution < 1.29 is 18.3 Å². The highest BCUT2D eigenvalue weighted by Gasteiger charge is 2.16. The predicted molar refractivity (Wildman–Crippen MR) is 83.2 cm³/mol. The molecule has 0 saturated carbocycles. The Morgan fingerprint density at radius 2 is 2.08 bits per heavy atom. The number of hydrogen-bond acceptors (Lipinski definition) is 4. The summed E-state index contributed by atoms with van der Waals surface area (Å²) in [6.07, 6.45) is 0.582. The van der Waals surface area contributed by atoms with Gasteiger partial charge in [-0.25, -0.2) is 8.78 Å². The maximum absolute atomic E-state index is 13.6. The summed E-state index contributed by atoms with van der Waals surface area (Å²) in [5.41, 5.74) is 2.28. The molecule has 0 amide bonds. The molecule has 0 saturated heterocycles. The van der Waals surface area contributed by atoms with Gasteiger partial charge in [-0.1, -0.05) is 6.07 Å². The second-order valence-electron chi connectivity index (χ2n) is 5.52. The van der Waals surface area contributed by atoms with Gasteiger partial charge in [0.25, 0.3) is 0 Å². The molecule has 0 radical (unpaired) electrons. The molecule has 0 aromatic heterocycles. The van der Waals surface area contributed by atoms with Crippen molar-refractivity contribution >= 4 is 0 Å². The summed E-state index contributed by atoms with van der Waals surface area (Å²) in [6.45, 7) is 1.56. The number of nitriles is 1. The Labute approximate surface area is 138 Å². The van der Waals surface area contributed by atoms with E-state index in [1.807, 2.05) is 0 Å². The van der Waals surface area contributed by atoms with Gasteiger partial charge in [0.15, 0.2) is 6.79 Å². The van der Waals surface area contributed by atoms with Gasteiger partial charge in [0.2, 0.25) is 0 Å². The SMILES string of the molecule is N#Cc1ccc(CNCCc2cc(F)cc3c2OCOC3)cc1F. The third-order valence-electron chi connectivity index (χ3n) is 3.81. The Balaban J connectivity index is 1.58. The number of rotatable bonds is 5. The zero-order valence-corrected chi connectivity index (χ0v) is 12.9. The topological polar surface area (TPSA) is 54.3 Å². The smallest absolute Gasteiger partial charge is 0.189 e. The molecule has 124 valence electrons. The fraction of sp³-hybridized carbons (Fsp3) is 0.278. The summed E-state index contributed by atoms with van der Waals surface area (Å²) in [5, 5.41) is 11.9. The normalized spacial score (nSPS) is 13.0. The molecule has 0 bridgehead atoms. The van der Waals surface area contributed by atoms with Crippen molar-refractivity contribution in [1.82, 2.24) is 5.32 Å². The monoisotopic (exact) mass is 330 g/mol. The number of halogens is 2. The predicted octanol–water partition coefficient (Wildman–Crippen LogP) is 3.04. The lowest BCUT2D eigenvalue weighted by atomic mass is 10.1. The first-order chi connectivity index (χ1) is 11.7. The van der Waals surface area contributed by atoms with Gasteiger partial charge in [0.05, 0.1) is 12.2 Å². The van der Waals surface area contributed by atoms with E-state index in [9.17, 15) is 8.78 Å². The molecule has 6 heteroatoms. The van der Waals surface area contributed by atoms with E-state index in [0.29, 0.717) is 37.4 Å². The van der Waals surface area contributed by atoms with Crippen molar-refractivity contribution in [3.05, 3.63) is 64.2 Å². The minimum Gasteiger partial charge on any atom is -0.467 e. The fourth-order valence-electron chi connectivity index (χ4n) is 2.66. The first-order valence-corrected chi connectivity index (χ1v) is 7.58. The van der Waals surface area contributed by atoms with Crippen molar-refractivity contribution in [2.75, 3.05) is 13.3 Å². The molecule has 1 aliphatic heterocycles. The Morgan fingerprint density at radius 1 is 1.21 bits per heavy atom. The van der Waals surface area contributed by atoms with Crippen molar-refractivity contribution in [2.24, 2.45) is 0 Å². The van der Waals surface area contributed by atoms with E-state index in [1.54, 1.807) is 12.1 Å². The summed E-state index contributed by atoms with van der Waals surface area (Å²) in [4.78, 5) is 0. The molecule has 0 aliphatic carbocycles. The van der Waals surface area contributed by atoms with Crippen LogP contribution in [0.1, 0.15) is 22.3 Å². The van der Waals surface area contributed by atoms with Gasteiger partial charge in [-0.15, -0.1) is 0 Å². The highest BCUT2D eigenvalue weighted by Crippen LogP contribution is 2.29. The molecule has 2 aromatic rings. The second-order valence-corrected chi connectivity index (χ2v) is 5.52. The molecule has 0 unspecified atom stereocenters. The molecule has 1 aliphatic rings. The van der Waals surface area contributed by atoms with Gasteiger partial charge >= 0.3 is 0 Å². The fourth-order valence-corrected chi connectivity index (χ4v) is 2.66. The minimum atomic E-state index is -0.524. The van der Waals surface area contributed by atoms with E-state index in [1.165, 1.54) is 24.3 Å². The number of benzene rings is 2. The first-order valence-electron chi connectivity index (χ1n) is 7.58. The largest absolute Gasteiger partial charge is 0.467 e. The number of nitrogens with zero attached hydrogens (tertiary/aromatic N) is 1. The molecule has 24 heavy (non-hydrogen) atoms. The van der Waals surface area contributed by atoms with Crippen LogP contribution < -0.4 is 10.1 Å². The van der Waals surface area contributed by atoms with Gasteiger partial charge in [-0.3, -0.25) is 0 Å². The van der Waals surface area contributed by atoms with E-state index in [-0.39, 0.29) is 18.2 Å². The van der Waals surface area contributed by atoms with Crippen LogP contribution in [0.4, 0.5) is 8.78 Å². The van der Waals surface area contributed by atoms with E-state index < -0.39 is 5.82 Å². The van der Waals surface area contributed by atoms with Crippen molar-refractivity contribution in [1.29, 1.82) is 5.26 Å². The molecule has 0 atom stereocenters. The van der Waals surface area contributed by atoms with Gasteiger partial charge in [0.1, 0.15) is 23.5 Å². The molecular weight excluding hydrogens is 314 g/mol. The standard InChI is InChI=1S/C18H16F2N2O2/c19-16-6-13(18-15(7-16)10-23-11-24-18)3-4-22-9-12-1-2-14(8-21)17(20)5-12/h1-2,5-7,22H,3-4,9-11H2. The highest BCUT2D eigenvalue weighted by atomic mass is 19.1. The molecule has 2 aromatic carbocycles. The maximum Gasteiger partial charge on any atom is 0.189 e. The lowest BCUT2D eigenvalue weighted by Crippen LogP contribution is -2.19. The van der Waals surface area contributed by atoms with Gasteiger partial charge in [0, 0.05) is 12.1 Å². The molecule has 1 N–H and O–H groups in total. The molecule has 4 nitrogen and oxygen atoms in total. The molecule has 1 heterocycles. The Morgan fingerprint density at radius 3 is 2.88 bits per heavy atom. The summed E-state index contributed by atoms with van der Waals surface area (Å²) in [7, 11) is 0. The van der Waals surface area contributed by atoms with Crippen LogP contribution in [0, 0.1) is 23.0 Å². The van der Waals surface area contributed by atoms with Gasteiger partial charge < -0.3 is 14.8 Å². The van der Waals surface area contributed by atoms with Crippen LogP contribution in [0.15, 0.2) is 30.3 Å². The number of fused-ring (bicyclic) bond motifs is 1. The summed E-state index contributed by atoms with van der Waals surface area (Å²) >= 11 is 0. The molecule has 0 spiro atoms. The summed E-state index contributed by atoms with van der Waals surface area (Å²) in [6, 6.07) is 9.19. The number of ether oxygens (including phenoxy) is 2. The van der Waals surface area contributed by atoms with Gasteiger partial charge in [-0.05, 0) is 48.4 Å². The van der Waals surface area contributed by atoms with Crippen molar-refractivity contribution in [3.8, 4) is 11.8 Å². The van der Waals surface area contributed by atoms with Crippen LogP contribution in [-0.4, -0.2) is 13.3 Å². The summed E-state index contributed by atoms with van der Waals surface area (Å²) < 4.78 is 37.8. The van der Waals surface area contributed by atoms with Crippen LogP contribution >= 0.6 is 0 Å². The average molecular weight is 330 g/mol. The summed E-state index contributed by atoms with van der Waals surface area (Å²) in [5.74, 6) is -0.148. The van der Waals surface area contributed by atoms with Crippen LogP contribution in [0.2, 0.25) is 0 Å². The van der Waals surface area contributed by atoms with E-state index in [0.717, 1.165) is 11.1 Å². The third-order valence-corrected chi connectivity index (χ3v) is 3.81. The van der Waals surface area contributed by atoms with E-state index in [2.05, 4.69) is 5.32 Å². The molecule has 0 fully saturated rings. The van der Waals surface area contributed by atoms with Crippen LogP contribution in [0.5, 0.6) is 5.75 Å². The lowest BCUT2D eigenvalue weighted by Gasteiger charge is -2.21. The third kappa shape index (κ3) is 3.70. The van der Waals surface area contributed by atoms with Gasteiger partial charge in [-0.2, -0.15) is 5.26 Å². The Kier molecular flexibility index (Phi) is 5.04. The number of nitrogens with one attached hydrogen (secondary N) is 1. The van der Waals surface area contributed by atoms with E-state index in [4.69, 9.17) is 14.7 Å². The minimum absolute atomic E-state index is 0.0320. The molecule has 3 rings (SSSR count). The highest BCUT2D eigenvalue weighted by molar-refractivity contribution is 5.42. The average Bonchev–Trinajstić information content (AvgIpc) is 2.58. The van der Waals surface area contributed by atoms with Crippen LogP contribution in [-0.2, 0) is 24.3 Å². The maximum atomic E-state index is 13.6. The van der Waals surface area contributed by atoms with Crippen LogP contribution in [0.25, 0.3) is 0 Å². The second kappa shape index (κ2) is 7.39. The van der Waals surface area contributed by atoms with Crippen LogP contribution in [0.3, 0.4) is 0 Å². The first kappa shape index (κ1) is 16.4. The van der Waals surface area contributed by atoms with Crippen molar-refractivity contribution in [2.45, 2.75) is 19.6 Å². The quantitative estimate of drug-likeness (QED) is 0.856. The Bertz CT molecular complexity index is 787. The number of hydrogen-bond donors (Lipinski definition) is 1. The zero-order chi connectivity index (χ0) is 16.9. The zero-order valence-electron chi connectivity index (χ0n) is 12.9. The lowest BCUT2D eigenvalue weighted by molar-refractivity contribution is -0.0172. The molecular formula is C18H16F2N2O2. The Hall–Kier alpha value is -2.49. The van der Waals surface area contributed by atoms with Crippen molar-refractivity contribution in [3.63, 3.8) is 0 Å². The van der Waals surface area contributed by atoms with E-state index >= 15 is 0 Å².